The number of rotatable bonds is 26. The highest BCUT2D eigenvalue weighted by molar-refractivity contribution is 5.12. The second-order valence-electron chi connectivity index (χ2n) is 36.0. The van der Waals surface area contributed by atoms with Gasteiger partial charge in [-0.3, -0.25) is 9.80 Å². The Bertz CT molecular complexity index is 2000. The topological polar surface area (TPSA) is 19.4 Å². The van der Waals surface area contributed by atoms with E-state index in [-0.39, 0.29) is 0 Å². The second-order valence-corrected chi connectivity index (χ2v) is 36.0. The summed E-state index contributed by atoms with van der Waals surface area (Å²) in [5.74, 6) is 12.3. The summed E-state index contributed by atoms with van der Waals surface area (Å²) in [6.07, 6.45) is 83.7. The summed E-state index contributed by atoms with van der Waals surface area (Å²) in [6, 6.07) is 8.23. The lowest BCUT2D eigenvalue weighted by molar-refractivity contribution is -0.140. The van der Waals surface area contributed by atoms with E-state index in [9.17, 15) is 0 Å². The Morgan fingerprint density at radius 1 is 0.188 bits per heavy atom. The maximum Gasteiger partial charge on any atom is 0.0135 e. The van der Waals surface area contributed by atoms with E-state index in [1.165, 1.54) is 284 Å². The number of allylic oxidation sites excluding steroid dienone is 8. The molecular formula is C90H156N6. The Balaban J connectivity index is 0.757. The number of fused-ring (bicyclic) bond motifs is 5. The third kappa shape index (κ3) is 18.6. The molecule has 0 saturated heterocycles. The maximum atomic E-state index is 3.52. The summed E-state index contributed by atoms with van der Waals surface area (Å²) >= 11 is 0. The Morgan fingerprint density at radius 3 is 0.531 bits per heavy atom. The van der Waals surface area contributed by atoms with Crippen molar-refractivity contribution in [1.29, 1.82) is 0 Å². The first-order chi connectivity index (χ1) is 47.2. The molecule has 12 aliphatic rings. The Kier molecular flexibility index (Phi) is 29.0. The quantitative estimate of drug-likeness (QED) is 0.0799. The molecule has 12 rings (SSSR count). The van der Waals surface area contributed by atoms with Crippen LogP contribution in [0.1, 0.15) is 325 Å². The first-order valence-electron chi connectivity index (χ1n) is 44.4. The predicted molar refractivity (Wildman–Crippen MR) is 413 cm³/mol. The normalized spacial score (nSPS) is 41.8. The number of nitrogens with zero attached hydrogens (tertiary/aromatic N) is 6. The highest BCUT2D eigenvalue weighted by Gasteiger charge is 2.58. The van der Waals surface area contributed by atoms with Gasteiger partial charge in [-0.1, -0.05) is 130 Å². The molecule has 8 atom stereocenters. The molecule has 0 aromatic rings. The van der Waals surface area contributed by atoms with E-state index in [1.54, 1.807) is 38.5 Å². The smallest absolute Gasteiger partial charge is 0.0135 e. The van der Waals surface area contributed by atoms with Gasteiger partial charge in [-0.2, -0.15) is 0 Å². The van der Waals surface area contributed by atoms with Gasteiger partial charge in [0.25, 0.3) is 0 Å². The molecule has 0 aliphatic heterocycles. The monoisotopic (exact) mass is 1320 g/mol. The van der Waals surface area contributed by atoms with Crippen LogP contribution in [0.15, 0.2) is 48.6 Å². The van der Waals surface area contributed by atoms with Gasteiger partial charge in [-0.05, 0) is 379 Å². The van der Waals surface area contributed by atoms with Crippen molar-refractivity contribution < 1.29 is 0 Å². The van der Waals surface area contributed by atoms with Crippen LogP contribution in [0, 0.1) is 82.9 Å². The fourth-order valence-corrected chi connectivity index (χ4v) is 26.2. The van der Waals surface area contributed by atoms with Crippen molar-refractivity contribution in [3.63, 3.8) is 0 Å². The summed E-state index contributed by atoms with van der Waals surface area (Å²) in [5.41, 5.74) is 0. The van der Waals surface area contributed by atoms with E-state index in [1.807, 2.05) is 0 Å². The first-order valence-corrected chi connectivity index (χ1v) is 44.4. The van der Waals surface area contributed by atoms with E-state index in [0.29, 0.717) is 0 Å². The highest BCUT2D eigenvalue weighted by atomic mass is 15.2. The number of hydrogen-bond donors (Lipinski definition) is 0. The van der Waals surface area contributed by atoms with Gasteiger partial charge < -0.3 is 19.6 Å². The zero-order chi connectivity index (χ0) is 66.3. The molecule has 0 N–H and O–H groups in total. The predicted octanol–water partition coefficient (Wildman–Crippen LogP) is 22.0. The van der Waals surface area contributed by atoms with Crippen LogP contribution in [-0.2, 0) is 0 Å². The van der Waals surface area contributed by atoms with Crippen LogP contribution in [0.4, 0.5) is 0 Å². The van der Waals surface area contributed by atoms with E-state index >= 15 is 0 Å². The minimum absolute atomic E-state index is 0.809. The molecule has 12 fully saturated rings. The van der Waals surface area contributed by atoms with Crippen LogP contribution in [0.25, 0.3) is 0 Å². The van der Waals surface area contributed by atoms with Crippen LogP contribution in [0.2, 0.25) is 0 Å². The van der Waals surface area contributed by atoms with Crippen molar-refractivity contribution in [1.82, 2.24) is 29.4 Å². The second kappa shape index (κ2) is 37.4. The molecule has 0 aromatic carbocycles. The fourth-order valence-electron chi connectivity index (χ4n) is 26.2. The van der Waals surface area contributed by atoms with E-state index in [0.717, 1.165) is 143 Å². The zero-order valence-corrected chi connectivity index (χ0v) is 64.5. The summed E-state index contributed by atoms with van der Waals surface area (Å²) in [4.78, 5) is 18.0. The molecule has 12 aliphatic carbocycles. The van der Waals surface area contributed by atoms with Crippen LogP contribution in [-0.4, -0.2) is 142 Å². The first kappa shape index (κ1) is 74.4. The lowest BCUT2D eigenvalue weighted by Crippen LogP contribution is -2.64. The van der Waals surface area contributed by atoms with Gasteiger partial charge in [0.15, 0.2) is 0 Å². The molecule has 8 unspecified atom stereocenters. The average Bonchev–Trinajstić information content (AvgIpc) is 0.728. The van der Waals surface area contributed by atoms with Gasteiger partial charge in [-0.15, -0.1) is 0 Å². The van der Waals surface area contributed by atoms with Gasteiger partial charge >= 0.3 is 0 Å². The van der Waals surface area contributed by atoms with Gasteiger partial charge in [0.1, 0.15) is 0 Å². The highest BCUT2D eigenvalue weighted by Crippen LogP contribution is 2.61. The molecule has 6 nitrogen and oxygen atoms in total. The van der Waals surface area contributed by atoms with Crippen molar-refractivity contribution in [3.05, 3.63) is 48.6 Å². The van der Waals surface area contributed by atoms with Gasteiger partial charge in [0.2, 0.25) is 0 Å². The average molecular weight is 1320 g/mol. The molecule has 546 valence electrons. The molecule has 0 spiro atoms. The SMILES string of the molecule is CCN(CC)C1CCC(C=CC2CCC(N(C3CCC(C=CC4CCC(N(CC)CC)CC4)CC3)C3CC4C(CC(N(C5CCC(C=CC6CCC(N(CC)CC)CC6)CC5)C5CCC(C=CC6CCC(N(CC)CC)CC6)CC5)C5CCCCC45)C4CCCCC43)CC2)CC1. The minimum atomic E-state index is 0.809. The standard InChI is InChI=1S/C90H156N6/c1-9-91(10-2)75-49-33-67(34-50-75)25-29-71-41-57-79(58-42-71)95(80-59-43-72(44-60-80)30-26-68-35-51-76(52-36-68)92(11-3)12-4)89-65-87-84-22-18-20-24-86(84)90(66-88(87)83-21-17-19-23-85(83)89)96(81-61-45-73(46-62-81)31-27-69-37-53-77(54-38-69)93(13-5)14-6)82-63-47-74(48-64-82)32-28-70-39-55-78(56-40-70)94(15-7)16-8/h25-32,67-90H,9-24,33-66H2,1-8H3. The van der Waals surface area contributed by atoms with Crippen molar-refractivity contribution in [2.75, 3.05) is 52.4 Å². The maximum absolute atomic E-state index is 3.52. The van der Waals surface area contributed by atoms with Crippen molar-refractivity contribution in [2.24, 2.45) is 82.9 Å². The molecule has 0 heterocycles. The summed E-state index contributed by atoms with van der Waals surface area (Å²) < 4.78 is 0. The number of hydrogen-bond acceptors (Lipinski definition) is 6. The Morgan fingerprint density at radius 2 is 0.354 bits per heavy atom. The van der Waals surface area contributed by atoms with Gasteiger partial charge in [-0.25, -0.2) is 0 Å². The Hall–Kier alpha value is -1.28. The molecule has 6 heteroatoms. The fraction of sp³-hybridized carbons (Fsp3) is 0.911. The molecule has 12 saturated carbocycles. The lowest BCUT2D eigenvalue weighted by atomic mass is 9.48. The van der Waals surface area contributed by atoms with Crippen LogP contribution >= 0.6 is 0 Å². The lowest BCUT2D eigenvalue weighted by Gasteiger charge is -2.64. The van der Waals surface area contributed by atoms with Gasteiger partial charge in [0, 0.05) is 60.4 Å². The molecule has 0 bridgehead atoms. The third-order valence-corrected chi connectivity index (χ3v) is 31.7. The van der Waals surface area contributed by atoms with E-state index < -0.39 is 0 Å². The van der Waals surface area contributed by atoms with Crippen molar-refractivity contribution >= 4 is 0 Å². The summed E-state index contributed by atoms with van der Waals surface area (Å²) in [6.45, 7) is 28.8. The van der Waals surface area contributed by atoms with Crippen molar-refractivity contribution in [2.45, 2.75) is 385 Å². The molecule has 0 amide bonds. The summed E-state index contributed by atoms with van der Waals surface area (Å²) in [5, 5.41) is 0. The third-order valence-electron chi connectivity index (χ3n) is 31.7. The molecular weight excluding hydrogens is 1170 g/mol. The largest absolute Gasteiger partial charge is 0.301 e. The van der Waals surface area contributed by atoms with E-state index in [4.69, 9.17) is 0 Å². The Labute approximate surface area is 595 Å². The summed E-state index contributed by atoms with van der Waals surface area (Å²) in [7, 11) is 0. The van der Waals surface area contributed by atoms with Gasteiger partial charge in [0.05, 0.1) is 0 Å². The van der Waals surface area contributed by atoms with Crippen LogP contribution < -0.4 is 0 Å². The zero-order valence-electron chi connectivity index (χ0n) is 64.5. The minimum Gasteiger partial charge on any atom is -0.301 e. The molecule has 0 radical (unpaired) electrons. The van der Waals surface area contributed by atoms with Crippen LogP contribution in [0.3, 0.4) is 0 Å². The van der Waals surface area contributed by atoms with Crippen LogP contribution in [0.5, 0.6) is 0 Å². The molecule has 96 heavy (non-hydrogen) atoms. The van der Waals surface area contributed by atoms with Crippen molar-refractivity contribution in [3.8, 4) is 0 Å². The van der Waals surface area contributed by atoms with E-state index in [2.05, 4.69) is 133 Å². The molecule has 0 aromatic heterocycles.